The van der Waals surface area contributed by atoms with Gasteiger partial charge in [0.15, 0.2) is 0 Å². The van der Waals surface area contributed by atoms with Gasteiger partial charge in [-0.15, -0.1) is 0 Å². The van der Waals surface area contributed by atoms with Crippen LogP contribution in [0.3, 0.4) is 0 Å². The van der Waals surface area contributed by atoms with Crippen molar-refractivity contribution in [1.82, 2.24) is 4.98 Å². The second-order valence-corrected chi connectivity index (χ2v) is 9.94. The zero-order valence-corrected chi connectivity index (χ0v) is 13.2. The normalized spacial score (nSPS) is 26.5. The molecule has 0 amide bonds. The molecule has 1 aliphatic heterocycles. The quantitative estimate of drug-likeness (QED) is 0.742. The fraction of sp³-hybridized carbons (Fsp3) is 0.545. The first kappa shape index (κ1) is 11.9. The first-order valence-electron chi connectivity index (χ1n) is 5.20. The third-order valence-electron chi connectivity index (χ3n) is 2.73. The summed E-state index contributed by atoms with van der Waals surface area (Å²) in [6.45, 7) is 2.95. The molecule has 4 heteroatoms. The maximum absolute atomic E-state index is 5.83. The number of ether oxygens (including phenoxy) is 1. The average molecular weight is 375 g/mol. The molecule has 0 aromatic carbocycles. The van der Waals surface area contributed by atoms with Crippen LogP contribution < -0.4 is 0 Å². The summed E-state index contributed by atoms with van der Waals surface area (Å²) in [7, 11) is 0. The van der Waals surface area contributed by atoms with Crippen molar-refractivity contribution in [1.29, 1.82) is 0 Å². The first-order valence-corrected chi connectivity index (χ1v) is 13.2. The number of aromatic nitrogens is 1. The van der Waals surface area contributed by atoms with Gasteiger partial charge in [-0.05, 0) is 0 Å². The molecule has 2 heterocycles. The summed E-state index contributed by atoms with van der Waals surface area (Å²) < 4.78 is 6.75. The Morgan fingerprint density at radius 3 is 3.20 bits per heavy atom. The van der Waals surface area contributed by atoms with Gasteiger partial charge in [0.25, 0.3) is 0 Å². The first-order chi connectivity index (χ1) is 7.29. The molecule has 0 bridgehead atoms. The summed E-state index contributed by atoms with van der Waals surface area (Å²) in [6, 6.07) is 4.23. The fourth-order valence-electron chi connectivity index (χ4n) is 1.90. The molecule has 0 spiro atoms. The van der Waals surface area contributed by atoms with Gasteiger partial charge in [0.1, 0.15) is 0 Å². The summed E-state index contributed by atoms with van der Waals surface area (Å²) in [5.74, 6) is 0. The van der Waals surface area contributed by atoms with Crippen LogP contribution in [-0.2, 0) is 4.74 Å². The van der Waals surface area contributed by atoms with Gasteiger partial charge in [0.05, 0.1) is 0 Å². The molecule has 2 radical (unpaired) electrons. The number of rotatable bonds is 2. The summed E-state index contributed by atoms with van der Waals surface area (Å²) in [5.41, 5.74) is 2.38. The van der Waals surface area contributed by atoms with Gasteiger partial charge in [-0.1, -0.05) is 0 Å². The van der Waals surface area contributed by atoms with Crippen LogP contribution in [0.2, 0.25) is 3.93 Å². The van der Waals surface area contributed by atoms with Crippen LogP contribution in [0.15, 0.2) is 18.3 Å². The van der Waals surface area contributed by atoms with E-state index >= 15 is 0 Å². The van der Waals surface area contributed by atoms with E-state index < -0.39 is 0 Å². The standard InChI is InChI=1S/C11H14NO.BrH.Sn/c1-9-8-10(5-6-12-9)11-4-2-3-7-13-11;;/h2,5-6,8,11H,3-4,7H2,1H3;1H;/q;;+1/p-1. The fourth-order valence-corrected chi connectivity index (χ4v) is 6.20. The third kappa shape index (κ3) is 3.17. The molecule has 1 saturated heterocycles. The van der Waals surface area contributed by atoms with E-state index in [1.807, 2.05) is 13.1 Å². The third-order valence-corrected chi connectivity index (χ3v) is 9.45. The molecule has 1 aliphatic rings. The Kier molecular flexibility index (Phi) is 4.46. The Morgan fingerprint density at radius 1 is 1.60 bits per heavy atom. The van der Waals surface area contributed by atoms with Gasteiger partial charge >= 0.3 is 107 Å². The van der Waals surface area contributed by atoms with E-state index in [9.17, 15) is 0 Å². The van der Waals surface area contributed by atoms with E-state index in [0.29, 0.717) is 6.10 Å². The van der Waals surface area contributed by atoms with E-state index in [2.05, 4.69) is 29.8 Å². The number of aryl methyl sites for hydroxylation is 1. The molecule has 1 aromatic heterocycles. The van der Waals surface area contributed by atoms with Crippen molar-refractivity contribution in [3.05, 3.63) is 29.6 Å². The number of hydrogen-bond donors (Lipinski definition) is 0. The topological polar surface area (TPSA) is 22.1 Å². The minimum atomic E-state index is -0.317. The molecule has 1 aromatic rings. The molecule has 2 atom stereocenters. The predicted molar refractivity (Wildman–Crippen MR) is 65.3 cm³/mol. The van der Waals surface area contributed by atoms with E-state index in [1.54, 1.807) is 0 Å². The van der Waals surface area contributed by atoms with Crippen LogP contribution in [-0.4, -0.2) is 30.5 Å². The Bertz CT molecular complexity index is 334. The zero-order valence-electron chi connectivity index (χ0n) is 8.74. The van der Waals surface area contributed by atoms with Crippen molar-refractivity contribution in [3.63, 3.8) is 0 Å². The predicted octanol–water partition coefficient (Wildman–Crippen LogP) is 3.04. The molecule has 15 heavy (non-hydrogen) atoms. The second kappa shape index (κ2) is 5.64. The Balaban J connectivity index is 2.09. The Labute approximate surface area is 107 Å². The van der Waals surface area contributed by atoms with E-state index in [-0.39, 0.29) is 18.9 Å². The SMILES string of the molecule is Cc1cc(C2C[CH]([Sn][Br])CCO2)ccn1. The molecule has 0 N–H and O–H groups in total. The average Bonchev–Trinajstić information content (AvgIpc) is 2.29. The molecule has 2 unspecified atom stereocenters. The molecule has 1 fully saturated rings. The van der Waals surface area contributed by atoms with E-state index in [4.69, 9.17) is 4.74 Å². The van der Waals surface area contributed by atoms with Crippen LogP contribution in [0.25, 0.3) is 0 Å². The van der Waals surface area contributed by atoms with Crippen molar-refractivity contribution in [2.24, 2.45) is 0 Å². The summed E-state index contributed by atoms with van der Waals surface area (Å²) in [6.07, 6.45) is 4.63. The molecule has 80 valence electrons. The summed E-state index contributed by atoms with van der Waals surface area (Å²) in [5, 5.41) is 0. The molecular formula is C11H14BrNOSn. The van der Waals surface area contributed by atoms with Crippen molar-refractivity contribution in [3.8, 4) is 0 Å². The van der Waals surface area contributed by atoms with Crippen LogP contribution >= 0.6 is 12.7 Å². The van der Waals surface area contributed by atoms with Crippen LogP contribution in [0.5, 0.6) is 0 Å². The molecule has 0 saturated carbocycles. The van der Waals surface area contributed by atoms with Crippen molar-refractivity contribution in [2.75, 3.05) is 6.61 Å². The summed E-state index contributed by atoms with van der Waals surface area (Å²) in [4.78, 5) is 4.22. The molecule has 0 aliphatic carbocycles. The summed E-state index contributed by atoms with van der Waals surface area (Å²) >= 11 is 3.41. The molecule has 2 nitrogen and oxygen atoms in total. The van der Waals surface area contributed by atoms with Crippen molar-refractivity contribution >= 4 is 31.6 Å². The number of hydrogen-bond acceptors (Lipinski definition) is 2. The van der Waals surface area contributed by atoms with Crippen LogP contribution in [0.1, 0.15) is 30.2 Å². The number of pyridine rings is 1. The van der Waals surface area contributed by atoms with Crippen molar-refractivity contribution in [2.45, 2.75) is 29.8 Å². The van der Waals surface area contributed by atoms with Crippen LogP contribution in [0.4, 0.5) is 0 Å². The van der Waals surface area contributed by atoms with Crippen LogP contribution in [0, 0.1) is 6.92 Å². The Morgan fingerprint density at radius 2 is 2.47 bits per heavy atom. The van der Waals surface area contributed by atoms with Gasteiger partial charge in [-0.25, -0.2) is 0 Å². The van der Waals surface area contributed by atoms with Gasteiger partial charge in [-0.2, -0.15) is 0 Å². The van der Waals surface area contributed by atoms with E-state index in [1.165, 1.54) is 18.4 Å². The van der Waals surface area contributed by atoms with Gasteiger partial charge < -0.3 is 0 Å². The zero-order chi connectivity index (χ0) is 10.7. The monoisotopic (exact) mass is 375 g/mol. The minimum absolute atomic E-state index is 0.309. The maximum atomic E-state index is 5.83. The van der Waals surface area contributed by atoms with Crippen molar-refractivity contribution < 1.29 is 4.74 Å². The van der Waals surface area contributed by atoms with Gasteiger partial charge in [-0.3, -0.25) is 0 Å². The number of halogens is 1. The number of nitrogens with zero attached hydrogens (tertiary/aromatic N) is 1. The Hall–Kier alpha value is 0.389. The van der Waals surface area contributed by atoms with E-state index in [0.717, 1.165) is 16.2 Å². The molecule has 2 rings (SSSR count). The molecular weight excluding hydrogens is 361 g/mol. The van der Waals surface area contributed by atoms with Gasteiger partial charge in [0, 0.05) is 0 Å². The second-order valence-electron chi connectivity index (χ2n) is 3.92. The van der Waals surface area contributed by atoms with Gasteiger partial charge in [0.2, 0.25) is 0 Å².